The Labute approximate surface area is 156 Å². The minimum Gasteiger partial charge on any atom is -0.497 e. The van der Waals surface area contributed by atoms with Crippen molar-refractivity contribution < 1.29 is 13.2 Å². The fourth-order valence-electron chi connectivity index (χ4n) is 2.18. The molecule has 8 heteroatoms. The van der Waals surface area contributed by atoms with Crippen LogP contribution in [0.2, 0.25) is 5.02 Å². The van der Waals surface area contributed by atoms with Gasteiger partial charge in [-0.2, -0.15) is 0 Å². The van der Waals surface area contributed by atoms with Crippen LogP contribution in [0.3, 0.4) is 0 Å². The molecule has 0 fully saturated rings. The van der Waals surface area contributed by atoms with E-state index in [9.17, 15) is 8.42 Å². The van der Waals surface area contributed by atoms with Gasteiger partial charge >= 0.3 is 0 Å². The number of sulfonamides is 1. The second-order valence-corrected chi connectivity index (χ2v) is 7.46. The number of halogens is 1. The number of nitrogens with one attached hydrogen (secondary N) is 2. The first kappa shape index (κ1) is 18.0. The van der Waals surface area contributed by atoms with E-state index in [-0.39, 0.29) is 4.90 Å². The molecule has 134 valence electrons. The van der Waals surface area contributed by atoms with Gasteiger partial charge in [0.2, 0.25) is 0 Å². The molecule has 2 aromatic carbocycles. The highest BCUT2D eigenvalue weighted by Crippen LogP contribution is 2.21. The average Bonchev–Trinajstić information content (AvgIpc) is 2.64. The van der Waals surface area contributed by atoms with Crippen LogP contribution in [0.15, 0.2) is 71.8 Å². The summed E-state index contributed by atoms with van der Waals surface area (Å²) in [5.74, 6) is 1.35. The molecule has 3 aromatic rings. The molecule has 0 aliphatic heterocycles. The highest BCUT2D eigenvalue weighted by Gasteiger charge is 2.14. The topological polar surface area (TPSA) is 80.3 Å². The number of anilines is 3. The van der Waals surface area contributed by atoms with Crippen LogP contribution in [0.25, 0.3) is 0 Å². The van der Waals surface area contributed by atoms with Gasteiger partial charge in [0, 0.05) is 10.7 Å². The van der Waals surface area contributed by atoms with Crippen LogP contribution in [0.4, 0.5) is 17.2 Å². The number of aromatic nitrogens is 1. The van der Waals surface area contributed by atoms with Crippen LogP contribution < -0.4 is 14.8 Å². The quantitative estimate of drug-likeness (QED) is 0.657. The highest BCUT2D eigenvalue weighted by molar-refractivity contribution is 7.92. The first-order valence-corrected chi connectivity index (χ1v) is 9.48. The zero-order chi connectivity index (χ0) is 18.6. The monoisotopic (exact) mass is 389 g/mol. The number of hydrogen-bond acceptors (Lipinski definition) is 5. The summed E-state index contributed by atoms with van der Waals surface area (Å²) in [6.07, 6.45) is 1.44. The Morgan fingerprint density at radius 3 is 2.15 bits per heavy atom. The molecule has 0 aliphatic carbocycles. The van der Waals surface area contributed by atoms with E-state index < -0.39 is 10.0 Å². The molecule has 2 N–H and O–H groups in total. The maximum absolute atomic E-state index is 12.3. The molecule has 0 atom stereocenters. The normalized spacial score (nSPS) is 11.0. The van der Waals surface area contributed by atoms with Crippen molar-refractivity contribution in [3.63, 3.8) is 0 Å². The van der Waals surface area contributed by atoms with Crippen molar-refractivity contribution in [1.82, 2.24) is 4.98 Å². The van der Waals surface area contributed by atoms with Crippen LogP contribution >= 0.6 is 11.6 Å². The smallest absolute Gasteiger partial charge is 0.261 e. The Morgan fingerprint density at radius 2 is 1.58 bits per heavy atom. The number of benzene rings is 2. The molecule has 6 nitrogen and oxygen atoms in total. The molecule has 0 bridgehead atoms. The molecule has 0 radical (unpaired) electrons. The van der Waals surface area contributed by atoms with Gasteiger partial charge in [0.05, 0.1) is 23.9 Å². The van der Waals surface area contributed by atoms with Crippen molar-refractivity contribution in [3.8, 4) is 5.75 Å². The molecule has 1 aromatic heterocycles. The van der Waals surface area contributed by atoms with E-state index in [2.05, 4.69) is 15.0 Å². The van der Waals surface area contributed by atoms with Crippen molar-refractivity contribution in [2.45, 2.75) is 4.90 Å². The summed E-state index contributed by atoms with van der Waals surface area (Å²) >= 11 is 5.78. The van der Waals surface area contributed by atoms with Crippen molar-refractivity contribution in [1.29, 1.82) is 0 Å². The summed E-state index contributed by atoms with van der Waals surface area (Å²) < 4.78 is 32.3. The maximum Gasteiger partial charge on any atom is 0.261 e. The zero-order valence-corrected chi connectivity index (χ0v) is 15.4. The molecule has 0 saturated carbocycles. The van der Waals surface area contributed by atoms with E-state index in [0.717, 1.165) is 11.4 Å². The van der Waals surface area contributed by atoms with Crippen LogP contribution in [0, 0.1) is 0 Å². The van der Waals surface area contributed by atoms with Gasteiger partial charge in [-0.05, 0) is 60.7 Å². The predicted molar refractivity (Wildman–Crippen MR) is 103 cm³/mol. The van der Waals surface area contributed by atoms with E-state index in [1.807, 2.05) is 24.3 Å². The second-order valence-electron chi connectivity index (χ2n) is 5.35. The Morgan fingerprint density at radius 1 is 0.923 bits per heavy atom. The maximum atomic E-state index is 12.3. The third-order valence-electron chi connectivity index (χ3n) is 3.50. The molecule has 0 amide bonds. The SMILES string of the molecule is COc1ccc(Nc2ccc(NS(=O)(=O)c3ccc(Cl)cc3)cn2)cc1. The third-order valence-corrected chi connectivity index (χ3v) is 5.15. The van der Waals surface area contributed by atoms with Gasteiger partial charge in [-0.15, -0.1) is 0 Å². The Balaban J connectivity index is 1.69. The highest BCUT2D eigenvalue weighted by atomic mass is 35.5. The van der Waals surface area contributed by atoms with Crippen LogP contribution in [-0.4, -0.2) is 20.5 Å². The molecule has 0 saturated heterocycles. The Hall–Kier alpha value is -2.77. The molecule has 3 rings (SSSR count). The lowest BCUT2D eigenvalue weighted by molar-refractivity contribution is 0.415. The average molecular weight is 390 g/mol. The number of rotatable bonds is 6. The number of ether oxygens (including phenoxy) is 1. The molecule has 0 unspecified atom stereocenters. The zero-order valence-electron chi connectivity index (χ0n) is 13.8. The second kappa shape index (κ2) is 7.63. The summed E-state index contributed by atoms with van der Waals surface area (Å²) in [7, 11) is -2.09. The first-order valence-electron chi connectivity index (χ1n) is 7.62. The van der Waals surface area contributed by atoms with E-state index in [1.165, 1.54) is 30.5 Å². The number of methoxy groups -OCH3 is 1. The molecule has 0 aliphatic rings. The van der Waals surface area contributed by atoms with Gasteiger partial charge in [-0.1, -0.05) is 11.6 Å². The molecule has 1 heterocycles. The van der Waals surface area contributed by atoms with Gasteiger partial charge in [0.25, 0.3) is 10.0 Å². The van der Waals surface area contributed by atoms with Crippen LogP contribution in [0.1, 0.15) is 0 Å². The lowest BCUT2D eigenvalue weighted by Crippen LogP contribution is -2.13. The molecule has 26 heavy (non-hydrogen) atoms. The fourth-order valence-corrected chi connectivity index (χ4v) is 3.35. The van der Waals surface area contributed by atoms with Crippen LogP contribution in [-0.2, 0) is 10.0 Å². The standard InChI is InChI=1S/C18H16ClN3O3S/c1-25-16-7-4-14(5-8-16)21-18-11-6-15(12-20-18)22-26(23,24)17-9-2-13(19)3-10-17/h2-12,22H,1H3,(H,20,21). The van der Waals surface area contributed by atoms with Crippen molar-refractivity contribution in [2.24, 2.45) is 0 Å². The lowest BCUT2D eigenvalue weighted by Gasteiger charge is -2.10. The fraction of sp³-hybridized carbons (Fsp3) is 0.0556. The molecule has 0 spiro atoms. The van der Waals surface area contributed by atoms with Crippen molar-refractivity contribution in [3.05, 3.63) is 71.9 Å². The van der Waals surface area contributed by atoms with Gasteiger partial charge in [-0.25, -0.2) is 13.4 Å². The van der Waals surface area contributed by atoms with Crippen molar-refractivity contribution >= 4 is 38.8 Å². The Kier molecular flexibility index (Phi) is 5.29. The summed E-state index contributed by atoms with van der Waals surface area (Å²) in [5.41, 5.74) is 1.20. The van der Waals surface area contributed by atoms with Gasteiger partial charge in [-0.3, -0.25) is 4.72 Å². The number of pyridine rings is 1. The van der Waals surface area contributed by atoms with Crippen LogP contribution in [0.5, 0.6) is 5.75 Å². The number of hydrogen-bond donors (Lipinski definition) is 2. The Bertz CT molecular complexity index is 974. The molecular formula is C18H16ClN3O3S. The van der Waals surface area contributed by atoms with Gasteiger partial charge in [0.15, 0.2) is 0 Å². The van der Waals surface area contributed by atoms with Gasteiger partial charge in [0.1, 0.15) is 11.6 Å². The summed E-state index contributed by atoms with van der Waals surface area (Å²) in [4.78, 5) is 4.35. The van der Waals surface area contributed by atoms with E-state index >= 15 is 0 Å². The summed E-state index contributed by atoms with van der Waals surface area (Å²) in [6.45, 7) is 0. The third kappa shape index (κ3) is 4.44. The number of nitrogens with zero attached hydrogens (tertiary/aromatic N) is 1. The predicted octanol–water partition coefficient (Wildman–Crippen LogP) is 4.29. The summed E-state index contributed by atoms with van der Waals surface area (Å²) in [6, 6.07) is 16.6. The lowest BCUT2D eigenvalue weighted by atomic mass is 10.3. The van der Waals surface area contributed by atoms with E-state index in [0.29, 0.717) is 16.5 Å². The van der Waals surface area contributed by atoms with E-state index in [1.54, 1.807) is 19.2 Å². The minimum atomic E-state index is -3.69. The van der Waals surface area contributed by atoms with Crippen molar-refractivity contribution in [2.75, 3.05) is 17.1 Å². The molecular weight excluding hydrogens is 374 g/mol. The minimum absolute atomic E-state index is 0.127. The van der Waals surface area contributed by atoms with E-state index in [4.69, 9.17) is 16.3 Å². The van der Waals surface area contributed by atoms with Gasteiger partial charge < -0.3 is 10.1 Å². The summed E-state index contributed by atoms with van der Waals surface area (Å²) in [5, 5.41) is 3.60. The first-order chi connectivity index (χ1) is 12.5. The largest absolute Gasteiger partial charge is 0.497 e.